The van der Waals surface area contributed by atoms with Gasteiger partial charge in [-0.15, -0.1) is 0 Å². The van der Waals surface area contributed by atoms with E-state index in [1.54, 1.807) is 11.6 Å². The Morgan fingerprint density at radius 2 is 2.12 bits per heavy atom. The Kier molecular flexibility index (Phi) is 3.10. The number of nitrogens with one attached hydrogen (secondary N) is 2. The van der Waals surface area contributed by atoms with Crippen LogP contribution in [0.1, 0.15) is 12.6 Å². The Morgan fingerprint density at radius 1 is 1.35 bits per heavy atom. The van der Waals surface area contributed by atoms with Crippen LogP contribution in [-0.2, 0) is 11.3 Å². The summed E-state index contributed by atoms with van der Waals surface area (Å²) >= 11 is 0. The second-order valence-corrected chi connectivity index (χ2v) is 3.64. The van der Waals surface area contributed by atoms with Crippen LogP contribution in [-0.4, -0.2) is 33.0 Å². The SMILES string of the molecule is CCOCCn1nc(C)c2[nH]c(=O)[nH]c(=O)c21. The minimum Gasteiger partial charge on any atom is -0.380 e. The molecule has 2 N–H and O–H groups in total. The lowest BCUT2D eigenvalue weighted by molar-refractivity contribution is 0.137. The Morgan fingerprint density at radius 3 is 2.82 bits per heavy atom. The molecule has 2 aromatic heterocycles. The standard InChI is InChI=1S/C10H14N4O3/c1-3-17-5-4-14-8-7(6(2)13-14)11-10(16)12-9(8)15/h3-5H2,1-2H3,(H2,11,12,15,16). The van der Waals surface area contributed by atoms with Crippen LogP contribution in [0.15, 0.2) is 9.59 Å². The third-order valence-corrected chi connectivity index (χ3v) is 2.46. The number of rotatable bonds is 4. The largest absolute Gasteiger partial charge is 0.380 e. The summed E-state index contributed by atoms with van der Waals surface area (Å²) < 4.78 is 6.76. The van der Waals surface area contributed by atoms with Crippen molar-refractivity contribution in [3.8, 4) is 0 Å². The molecule has 0 saturated carbocycles. The van der Waals surface area contributed by atoms with Crippen molar-refractivity contribution in [3.63, 3.8) is 0 Å². The topological polar surface area (TPSA) is 92.8 Å². The summed E-state index contributed by atoms with van der Waals surface area (Å²) in [6, 6.07) is 0. The predicted molar refractivity (Wildman–Crippen MR) is 62.2 cm³/mol. The number of ether oxygens (including phenoxy) is 1. The van der Waals surface area contributed by atoms with Gasteiger partial charge in [-0.25, -0.2) is 4.79 Å². The molecule has 0 amide bonds. The van der Waals surface area contributed by atoms with Gasteiger partial charge < -0.3 is 9.72 Å². The fourth-order valence-electron chi connectivity index (χ4n) is 1.73. The number of aryl methyl sites for hydroxylation is 1. The van der Waals surface area contributed by atoms with Gasteiger partial charge in [-0.3, -0.25) is 14.5 Å². The summed E-state index contributed by atoms with van der Waals surface area (Å²) in [5.74, 6) is 0. The average molecular weight is 238 g/mol. The molecular weight excluding hydrogens is 224 g/mol. The molecule has 0 aromatic carbocycles. The lowest BCUT2D eigenvalue weighted by Gasteiger charge is -2.02. The Labute approximate surface area is 96.4 Å². The average Bonchev–Trinajstić information content (AvgIpc) is 2.56. The Bertz CT molecular complexity index is 637. The first-order valence-electron chi connectivity index (χ1n) is 5.41. The molecule has 17 heavy (non-hydrogen) atoms. The van der Waals surface area contributed by atoms with E-state index in [9.17, 15) is 9.59 Å². The van der Waals surface area contributed by atoms with Gasteiger partial charge in [0.05, 0.1) is 24.4 Å². The van der Waals surface area contributed by atoms with Gasteiger partial charge in [-0.2, -0.15) is 5.10 Å². The maximum Gasteiger partial charge on any atom is 0.326 e. The highest BCUT2D eigenvalue weighted by Gasteiger charge is 2.11. The van der Waals surface area contributed by atoms with Crippen molar-refractivity contribution in [1.82, 2.24) is 19.7 Å². The number of fused-ring (bicyclic) bond motifs is 1. The molecule has 7 nitrogen and oxygen atoms in total. The molecular formula is C10H14N4O3. The van der Waals surface area contributed by atoms with Crippen LogP contribution in [0.2, 0.25) is 0 Å². The quantitative estimate of drug-likeness (QED) is 0.719. The minimum absolute atomic E-state index is 0.377. The van der Waals surface area contributed by atoms with E-state index in [1.807, 2.05) is 6.92 Å². The van der Waals surface area contributed by atoms with E-state index in [4.69, 9.17) is 4.74 Å². The summed E-state index contributed by atoms with van der Waals surface area (Å²) in [4.78, 5) is 27.6. The molecule has 0 spiro atoms. The second kappa shape index (κ2) is 4.54. The smallest absolute Gasteiger partial charge is 0.326 e. The Hall–Kier alpha value is -1.89. The maximum absolute atomic E-state index is 11.7. The van der Waals surface area contributed by atoms with Gasteiger partial charge in [0.15, 0.2) is 5.52 Å². The molecule has 0 saturated heterocycles. The third-order valence-electron chi connectivity index (χ3n) is 2.46. The molecule has 0 fully saturated rings. The highest BCUT2D eigenvalue weighted by Crippen LogP contribution is 2.09. The van der Waals surface area contributed by atoms with Crippen LogP contribution >= 0.6 is 0 Å². The number of nitrogens with zero attached hydrogens (tertiary/aromatic N) is 2. The second-order valence-electron chi connectivity index (χ2n) is 3.64. The molecule has 0 unspecified atom stereocenters. The number of aromatic nitrogens is 4. The van der Waals surface area contributed by atoms with Crippen LogP contribution in [0.4, 0.5) is 0 Å². The molecule has 2 aromatic rings. The van der Waals surface area contributed by atoms with Crippen LogP contribution in [0.5, 0.6) is 0 Å². The fourth-order valence-corrected chi connectivity index (χ4v) is 1.73. The van der Waals surface area contributed by atoms with Gasteiger partial charge in [-0.1, -0.05) is 0 Å². The van der Waals surface area contributed by atoms with E-state index in [-0.39, 0.29) is 0 Å². The predicted octanol–water partition coefficient (Wildman–Crippen LogP) is -0.242. The summed E-state index contributed by atoms with van der Waals surface area (Å²) in [7, 11) is 0. The molecule has 7 heteroatoms. The Balaban J connectivity index is 2.51. The van der Waals surface area contributed by atoms with Crippen LogP contribution < -0.4 is 11.2 Å². The van der Waals surface area contributed by atoms with Crippen molar-refractivity contribution in [3.05, 3.63) is 26.5 Å². The van der Waals surface area contributed by atoms with Crippen LogP contribution in [0.25, 0.3) is 11.0 Å². The molecule has 2 rings (SSSR count). The van der Waals surface area contributed by atoms with Gasteiger partial charge in [0.2, 0.25) is 0 Å². The molecule has 0 bridgehead atoms. The normalized spacial score (nSPS) is 11.2. The van der Waals surface area contributed by atoms with Gasteiger partial charge in [0.25, 0.3) is 5.56 Å². The zero-order valence-electron chi connectivity index (χ0n) is 9.74. The molecule has 0 atom stereocenters. The van der Waals surface area contributed by atoms with Gasteiger partial charge in [-0.05, 0) is 13.8 Å². The van der Waals surface area contributed by atoms with E-state index in [1.165, 1.54) is 0 Å². The van der Waals surface area contributed by atoms with Crippen molar-refractivity contribution in [2.45, 2.75) is 20.4 Å². The number of hydrogen-bond acceptors (Lipinski definition) is 4. The lowest BCUT2D eigenvalue weighted by atomic mass is 10.4. The van der Waals surface area contributed by atoms with Crippen molar-refractivity contribution in [2.24, 2.45) is 0 Å². The van der Waals surface area contributed by atoms with Crippen LogP contribution in [0, 0.1) is 6.92 Å². The van der Waals surface area contributed by atoms with Crippen molar-refractivity contribution in [2.75, 3.05) is 13.2 Å². The molecule has 92 valence electrons. The first kappa shape index (κ1) is 11.6. The van der Waals surface area contributed by atoms with Gasteiger partial charge >= 0.3 is 5.69 Å². The molecule has 0 radical (unpaired) electrons. The van der Waals surface area contributed by atoms with E-state index in [0.717, 1.165) is 0 Å². The van der Waals surface area contributed by atoms with Crippen LogP contribution in [0.3, 0.4) is 0 Å². The number of hydrogen-bond donors (Lipinski definition) is 2. The highest BCUT2D eigenvalue weighted by molar-refractivity contribution is 5.75. The molecule has 0 aliphatic rings. The molecule has 0 aliphatic heterocycles. The van der Waals surface area contributed by atoms with E-state index in [2.05, 4.69) is 15.1 Å². The number of aromatic amines is 2. The van der Waals surface area contributed by atoms with Crippen molar-refractivity contribution < 1.29 is 4.74 Å². The van der Waals surface area contributed by atoms with Gasteiger partial charge in [0, 0.05) is 6.61 Å². The lowest BCUT2D eigenvalue weighted by Crippen LogP contribution is -2.24. The third kappa shape index (κ3) is 2.14. The van der Waals surface area contributed by atoms with E-state index >= 15 is 0 Å². The minimum atomic E-state index is -0.519. The first-order chi connectivity index (χ1) is 8.13. The summed E-state index contributed by atoms with van der Waals surface area (Å²) in [6.07, 6.45) is 0. The summed E-state index contributed by atoms with van der Waals surface area (Å²) in [5.41, 5.74) is 0.535. The van der Waals surface area contributed by atoms with Crippen molar-refractivity contribution >= 4 is 11.0 Å². The van der Waals surface area contributed by atoms with Crippen molar-refractivity contribution in [1.29, 1.82) is 0 Å². The summed E-state index contributed by atoms with van der Waals surface area (Å²) in [5, 5.41) is 4.21. The first-order valence-corrected chi connectivity index (χ1v) is 5.41. The van der Waals surface area contributed by atoms with E-state index < -0.39 is 11.2 Å². The fraction of sp³-hybridized carbons (Fsp3) is 0.500. The zero-order valence-corrected chi connectivity index (χ0v) is 9.74. The summed E-state index contributed by atoms with van der Waals surface area (Å²) in [6.45, 7) is 5.22. The maximum atomic E-state index is 11.7. The van der Waals surface area contributed by atoms with E-state index in [0.29, 0.717) is 36.5 Å². The monoisotopic (exact) mass is 238 g/mol. The molecule has 2 heterocycles. The molecule has 0 aliphatic carbocycles. The highest BCUT2D eigenvalue weighted by atomic mass is 16.5. The van der Waals surface area contributed by atoms with Gasteiger partial charge in [0.1, 0.15) is 0 Å². The zero-order chi connectivity index (χ0) is 12.4. The number of H-pyrrole nitrogens is 2.